The summed E-state index contributed by atoms with van der Waals surface area (Å²) in [6.45, 7) is -0.0792. The minimum atomic E-state index is -3.86. The van der Waals surface area contributed by atoms with Gasteiger partial charge in [0.25, 0.3) is 0 Å². The molecule has 0 radical (unpaired) electrons. The fraction of sp³-hybridized carbons (Fsp3) is 0.417. The Hall–Kier alpha value is -1.48. The van der Waals surface area contributed by atoms with Crippen molar-refractivity contribution < 1.29 is 28.2 Å². The first-order valence-corrected chi connectivity index (χ1v) is 7.34. The van der Waals surface area contributed by atoms with Crippen molar-refractivity contribution in [3.63, 3.8) is 0 Å². The van der Waals surface area contributed by atoms with Gasteiger partial charge in [-0.1, -0.05) is 6.07 Å². The molecule has 20 heavy (non-hydrogen) atoms. The zero-order valence-corrected chi connectivity index (χ0v) is 11.8. The SMILES string of the molecule is COCC(CCO)NS(=O)(=O)c1cccc(C(=O)O)c1. The van der Waals surface area contributed by atoms with Crippen LogP contribution in [0.2, 0.25) is 0 Å². The van der Waals surface area contributed by atoms with Gasteiger partial charge in [0.05, 0.1) is 17.1 Å². The molecule has 0 fully saturated rings. The smallest absolute Gasteiger partial charge is 0.335 e. The van der Waals surface area contributed by atoms with Crippen LogP contribution in [0.5, 0.6) is 0 Å². The number of ether oxygens (including phenoxy) is 1. The second-order valence-electron chi connectivity index (χ2n) is 4.12. The highest BCUT2D eigenvalue weighted by molar-refractivity contribution is 7.89. The van der Waals surface area contributed by atoms with E-state index in [4.69, 9.17) is 14.9 Å². The summed E-state index contributed by atoms with van der Waals surface area (Å²) in [5.74, 6) is -1.20. The predicted molar refractivity (Wildman–Crippen MR) is 71.1 cm³/mol. The van der Waals surface area contributed by atoms with E-state index in [0.717, 1.165) is 6.07 Å². The van der Waals surface area contributed by atoms with E-state index in [1.54, 1.807) is 0 Å². The van der Waals surface area contributed by atoms with Crippen molar-refractivity contribution in [2.45, 2.75) is 17.4 Å². The van der Waals surface area contributed by atoms with Crippen LogP contribution in [0.1, 0.15) is 16.8 Å². The second kappa shape index (κ2) is 7.34. The first-order valence-electron chi connectivity index (χ1n) is 5.86. The zero-order valence-electron chi connectivity index (χ0n) is 10.9. The normalized spacial score (nSPS) is 13.1. The Labute approximate surface area is 117 Å². The number of nitrogens with one attached hydrogen (secondary N) is 1. The largest absolute Gasteiger partial charge is 0.478 e. The van der Waals surface area contributed by atoms with Crippen LogP contribution in [0.4, 0.5) is 0 Å². The monoisotopic (exact) mass is 303 g/mol. The molecule has 1 aromatic carbocycles. The molecule has 0 aromatic heterocycles. The van der Waals surface area contributed by atoms with Crippen molar-refractivity contribution >= 4 is 16.0 Å². The Balaban J connectivity index is 2.97. The quantitative estimate of drug-likeness (QED) is 0.626. The molecular formula is C12H17NO6S. The van der Waals surface area contributed by atoms with E-state index in [2.05, 4.69) is 4.72 Å². The molecule has 1 atom stereocenters. The minimum Gasteiger partial charge on any atom is -0.478 e. The van der Waals surface area contributed by atoms with Crippen LogP contribution >= 0.6 is 0 Å². The number of rotatable bonds is 8. The molecule has 0 aliphatic carbocycles. The molecule has 1 aromatic rings. The van der Waals surface area contributed by atoms with Gasteiger partial charge < -0.3 is 14.9 Å². The maximum atomic E-state index is 12.1. The molecule has 0 aliphatic rings. The molecule has 1 rings (SSSR count). The summed E-state index contributed by atoms with van der Waals surface area (Å²) in [6.07, 6.45) is 0.200. The molecule has 0 heterocycles. The Morgan fingerprint density at radius 3 is 2.70 bits per heavy atom. The Morgan fingerprint density at radius 1 is 1.45 bits per heavy atom. The molecule has 0 saturated carbocycles. The van der Waals surface area contributed by atoms with E-state index in [9.17, 15) is 13.2 Å². The first kappa shape index (κ1) is 16.6. The van der Waals surface area contributed by atoms with Gasteiger partial charge in [-0.2, -0.15) is 0 Å². The molecule has 0 aliphatic heterocycles. The lowest BCUT2D eigenvalue weighted by atomic mass is 10.2. The third-order valence-electron chi connectivity index (χ3n) is 2.56. The van der Waals surface area contributed by atoms with Crippen LogP contribution in [0, 0.1) is 0 Å². The van der Waals surface area contributed by atoms with E-state index >= 15 is 0 Å². The molecular weight excluding hydrogens is 286 g/mol. The van der Waals surface area contributed by atoms with Crippen molar-refractivity contribution in [2.75, 3.05) is 20.3 Å². The number of carbonyl (C=O) groups is 1. The summed E-state index contributed by atoms with van der Waals surface area (Å²) in [4.78, 5) is 10.7. The molecule has 112 valence electrons. The van der Waals surface area contributed by atoms with Gasteiger partial charge in [0.1, 0.15) is 0 Å². The second-order valence-corrected chi connectivity index (χ2v) is 5.83. The number of aromatic carboxylic acids is 1. The predicted octanol–water partition coefficient (Wildman–Crippen LogP) is 0.0605. The van der Waals surface area contributed by atoms with Crippen molar-refractivity contribution in [3.8, 4) is 0 Å². The standard InChI is InChI=1S/C12H17NO6S/c1-19-8-10(5-6-14)13-20(17,18)11-4-2-3-9(7-11)12(15)16/h2-4,7,10,13-14H,5-6,8H2,1H3,(H,15,16). The summed E-state index contributed by atoms with van der Waals surface area (Å²) >= 11 is 0. The lowest BCUT2D eigenvalue weighted by Gasteiger charge is -2.17. The molecule has 0 spiro atoms. The molecule has 0 amide bonds. The highest BCUT2D eigenvalue weighted by atomic mass is 32.2. The fourth-order valence-corrected chi connectivity index (χ4v) is 2.92. The van der Waals surface area contributed by atoms with E-state index in [1.807, 2.05) is 0 Å². The lowest BCUT2D eigenvalue weighted by molar-refractivity contribution is 0.0696. The van der Waals surface area contributed by atoms with Gasteiger partial charge in [0.2, 0.25) is 10.0 Å². The fourth-order valence-electron chi connectivity index (χ4n) is 1.62. The van der Waals surface area contributed by atoms with Gasteiger partial charge >= 0.3 is 5.97 Å². The van der Waals surface area contributed by atoms with E-state index in [1.165, 1.54) is 25.3 Å². The zero-order chi connectivity index (χ0) is 15.2. The van der Waals surface area contributed by atoms with Gasteiger partial charge in [0, 0.05) is 19.8 Å². The summed E-state index contributed by atoms with van der Waals surface area (Å²) in [7, 11) is -2.44. The molecule has 0 bridgehead atoms. The molecule has 0 saturated heterocycles. The number of aliphatic hydroxyl groups excluding tert-OH is 1. The molecule has 1 unspecified atom stereocenters. The molecule has 3 N–H and O–H groups in total. The average molecular weight is 303 g/mol. The number of hydrogen-bond donors (Lipinski definition) is 3. The van der Waals surface area contributed by atoms with Crippen LogP contribution in [0.15, 0.2) is 29.2 Å². The van der Waals surface area contributed by atoms with Gasteiger partial charge in [-0.25, -0.2) is 17.9 Å². The highest BCUT2D eigenvalue weighted by Crippen LogP contribution is 2.12. The summed E-state index contributed by atoms with van der Waals surface area (Å²) in [5, 5.41) is 17.7. The van der Waals surface area contributed by atoms with Gasteiger partial charge in [-0.3, -0.25) is 0 Å². The number of carboxylic acids is 1. The van der Waals surface area contributed by atoms with Crippen molar-refractivity contribution in [2.24, 2.45) is 0 Å². The van der Waals surface area contributed by atoms with Gasteiger partial charge in [-0.15, -0.1) is 0 Å². The summed E-state index contributed by atoms with van der Waals surface area (Å²) in [5.41, 5.74) is -0.113. The molecule has 7 nitrogen and oxygen atoms in total. The number of methoxy groups -OCH3 is 1. The number of aliphatic hydroxyl groups is 1. The van der Waals surface area contributed by atoms with E-state index in [-0.39, 0.29) is 30.1 Å². The van der Waals surface area contributed by atoms with E-state index < -0.39 is 22.0 Å². The van der Waals surface area contributed by atoms with Gasteiger partial charge in [-0.05, 0) is 24.6 Å². The molecule has 8 heteroatoms. The maximum Gasteiger partial charge on any atom is 0.335 e. The Morgan fingerprint density at radius 2 is 2.15 bits per heavy atom. The van der Waals surface area contributed by atoms with Crippen molar-refractivity contribution in [1.29, 1.82) is 0 Å². The number of carboxylic acid groups (broad SMARTS) is 1. The van der Waals surface area contributed by atoms with Crippen LogP contribution < -0.4 is 4.72 Å². The number of benzene rings is 1. The van der Waals surface area contributed by atoms with Crippen LogP contribution in [-0.2, 0) is 14.8 Å². The highest BCUT2D eigenvalue weighted by Gasteiger charge is 2.20. The van der Waals surface area contributed by atoms with Crippen LogP contribution in [-0.4, -0.2) is 51.0 Å². The third-order valence-corrected chi connectivity index (χ3v) is 4.08. The summed E-state index contributed by atoms with van der Waals surface area (Å²) in [6, 6.07) is 4.46. The van der Waals surface area contributed by atoms with Crippen molar-refractivity contribution in [3.05, 3.63) is 29.8 Å². The summed E-state index contributed by atoms with van der Waals surface area (Å²) < 4.78 is 31.5. The van der Waals surface area contributed by atoms with Crippen LogP contribution in [0.25, 0.3) is 0 Å². The minimum absolute atomic E-state index is 0.110. The Bertz CT molecular complexity index is 551. The number of sulfonamides is 1. The first-order chi connectivity index (χ1) is 9.40. The Kier molecular flexibility index (Phi) is 6.08. The average Bonchev–Trinajstić information content (AvgIpc) is 2.39. The van der Waals surface area contributed by atoms with Crippen molar-refractivity contribution in [1.82, 2.24) is 4.72 Å². The lowest BCUT2D eigenvalue weighted by Crippen LogP contribution is -2.38. The maximum absolute atomic E-state index is 12.1. The third kappa shape index (κ3) is 4.57. The number of hydrogen-bond acceptors (Lipinski definition) is 5. The van der Waals surface area contributed by atoms with E-state index in [0.29, 0.717) is 0 Å². The van der Waals surface area contributed by atoms with Crippen LogP contribution in [0.3, 0.4) is 0 Å². The van der Waals surface area contributed by atoms with Gasteiger partial charge in [0.15, 0.2) is 0 Å². The topological polar surface area (TPSA) is 113 Å².